The molecule has 0 radical (unpaired) electrons. The molecule has 0 saturated carbocycles. The molecule has 0 spiro atoms. The quantitative estimate of drug-likeness (QED) is 0.240. The Labute approximate surface area is 222 Å². The standard InChI is InChI=1S/C36H25NO/c1-3-15-29(16-4-1)37(30-17-5-2-6-18-30)34-23-22-31(32-19-8-9-20-33(32)34)26-13-11-14-27(24-26)36-25-28-12-7-10-21-35(28)38-36/h1-25H. The maximum atomic E-state index is 6.17. The van der Waals surface area contributed by atoms with Gasteiger partial charge in [-0.05, 0) is 65.0 Å². The molecule has 7 aromatic rings. The molecule has 0 unspecified atom stereocenters. The normalized spacial score (nSPS) is 11.2. The second kappa shape index (κ2) is 9.42. The first-order valence-electron chi connectivity index (χ1n) is 12.9. The van der Waals surface area contributed by atoms with Crippen molar-refractivity contribution in [3.63, 3.8) is 0 Å². The van der Waals surface area contributed by atoms with Crippen molar-refractivity contribution in [1.82, 2.24) is 0 Å². The molecule has 0 atom stereocenters. The lowest BCUT2D eigenvalue weighted by Gasteiger charge is -2.27. The lowest BCUT2D eigenvalue weighted by atomic mass is 9.95. The molecule has 0 N–H and O–H groups in total. The molecule has 180 valence electrons. The van der Waals surface area contributed by atoms with E-state index in [1.165, 1.54) is 16.3 Å². The van der Waals surface area contributed by atoms with Gasteiger partial charge in [0.2, 0.25) is 0 Å². The highest BCUT2D eigenvalue weighted by molar-refractivity contribution is 6.06. The van der Waals surface area contributed by atoms with Crippen LogP contribution in [-0.2, 0) is 0 Å². The predicted octanol–water partition coefficient (Wildman–Crippen LogP) is 10.4. The van der Waals surface area contributed by atoms with E-state index in [1.807, 2.05) is 18.2 Å². The second-order valence-corrected chi connectivity index (χ2v) is 9.41. The van der Waals surface area contributed by atoms with Crippen LogP contribution >= 0.6 is 0 Å². The summed E-state index contributed by atoms with van der Waals surface area (Å²) in [6.45, 7) is 0. The van der Waals surface area contributed by atoms with Gasteiger partial charge in [-0.25, -0.2) is 0 Å². The van der Waals surface area contributed by atoms with Crippen LogP contribution in [0.2, 0.25) is 0 Å². The van der Waals surface area contributed by atoms with Crippen LogP contribution in [0.1, 0.15) is 0 Å². The number of para-hydroxylation sites is 3. The topological polar surface area (TPSA) is 16.4 Å². The largest absolute Gasteiger partial charge is 0.456 e. The molecule has 0 fully saturated rings. The predicted molar refractivity (Wildman–Crippen MR) is 159 cm³/mol. The molecule has 1 aromatic heterocycles. The minimum atomic E-state index is 0.883. The molecule has 0 bridgehead atoms. The van der Waals surface area contributed by atoms with Crippen LogP contribution in [-0.4, -0.2) is 0 Å². The van der Waals surface area contributed by atoms with E-state index < -0.39 is 0 Å². The molecule has 6 aromatic carbocycles. The Balaban J connectivity index is 1.39. The molecule has 7 rings (SSSR count). The summed E-state index contributed by atoms with van der Waals surface area (Å²) in [5, 5.41) is 3.53. The zero-order valence-corrected chi connectivity index (χ0v) is 20.8. The van der Waals surface area contributed by atoms with E-state index in [2.05, 4.69) is 138 Å². The third-order valence-electron chi connectivity index (χ3n) is 7.05. The first-order chi connectivity index (χ1) is 18.8. The maximum absolute atomic E-state index is 6.17. The third kappa shape index (κ3) is 3.93. The Hall–Kier alpha value is -5.08. The highest BCUT2D eigenvalue weighted by Crippen LogP contribution is 2.42. The van der Waals surface area contributed by atoms with E-state index in [1.54, 1.807) is 0 Å². The molecule has 2 nitrogen and oxygen atoms in total. The van der Waals surface area contributed by atoms with Crippen molar-refractivity contribution >= 4 is 38.8 Å². The van der Waals surface area contributed by atoms with Gasteiger partial charge in [-0.2, -0.15) is 0 Å². The van der Waals surface area contributed by atoms with Gasteiger partial charge < -0.3 is 9.32 Å². The van der Waals surface area contributed by atoms with Crippen LogP contribution in [0.4, 0.5) is 17.1 Å². The van der Waals surface area contributed by atoms with Crippen molar-refractivity contribution in [2.45, 2.75) is 0 Å². The highest BCUT2D eigenvalue weighted by atomic mass is 16.3. The summed E-state index contributed by atoms with van der Waals surface area (Å²) >= 11 is 0. The van der Waals surface area contributed by atoms with Gasteiger partial charge in [-0.3, -0.25) is 0 Å². The Morgan fingerprint density at radius 2 is 1.08 bits per heavy atom. The number of hydrogen-bond acceptors (Lipinski definition) is 2. The Morgan fingerprint density at radius 1 is 0.447 bits per heavy atom. The molecule has 0 aliphatic heterocycles. The second-order valence-electron chi connectivity index (χ2n) is 9.41. The molecule has 38 heavy (non-hydrogen) atoms. The van der Waals surface area contributed by atoms with Crippen molar-refractivity contribution in [2.75, 3.05) is 4.90 Å². The van der Waals surface area contributed by atoms with Crippen LogP contribution in [0.15, 0.2) is 156 Å². The van der Waals surface area contributed by atoms with E-state index in [0.29, 0.717) is 0 Å². The van der Waals surface area contributed by atoms with Gasteiger partial charge in [0.05, 0.1) is 5.69 Å². The smallest absolute Gasteiger partial charge is 0.135 e. The van der Waals surface area contributed by atoms with Gasteiger partial charge in [0.1, 0.15) is 11.3 Å². The third-order valence-corrected chi connectivity index (χ3v) is 7.05. The summed E-state index contributed by atoms with van der Waals surface area (Å²) in [4.78, 5) is 2.33. The lowest BCUT2D eigenvalue weighted by Crippen LogP contribution is -2.10. The van der Waals surface area contributed by atoms with Crippen LogP contribution in [0.25, 0.3) is 44.2 Å². The van der Waals surface area contributed by atoms with E-state index in [4.69, 9.17) is 4.42 Å². The van der Waals surface area contributed by atoms with Crippen molar-refractivity contribution in [3.05, 3.63) is 152 Å². The van der Waals surface area contributed by atoms with Crippen LogP contribution in [0.5, 0.6) is 0 Å². The summed E-state index contributed by atoms with van der Waals surface area (Å²) in [6, 6.07) is 53.2. The number of fused-ring (bicyclic) bond motifs is 2. The zero-order valence-electron chi connectivity index (χ0n) is 20.8. The number of hydrogen-bond donors (Lipinski definition) is 0. The minimum absolute atomic E-state index is 0.883. The molecule has 0 amide bonds. The van der Waals surface area contributed by atoms with Crippen LogP contribution in [0.3, 0.4) is 0 Å². The fourth-order valence-corrected chi connectivity index (χ4v) is 5.28. The van der Waals surface area contributed by atoms with E-state index in [9.17, 15) is 0 Å². The van der Waals surface area contributed by atoms with Gasteiger partial charge in [0, 0.05) is 27.7 Å². The first-order valence-corrected chi connectivity index (χ1v) is 12.9. The molecular weight excluding hydrogens is 462 g/mol. The summed E-state index contributed by atoms with van der Waals surface area (Å²) in [6.07, 6.45) is 0. The van der Waals surface area contributed by atoms with Crippen LogP contribution in [0, 0.1) is 0 Å². The van der Waals surface area contributed by atoms with E-state index in [-0.39, 0.29) is 0 Å². The minimum Gasteiger partial charge on any atom is -0.456 e. The maximum Gasteiger partial charge on any atom is 0.135 e. The Morgan fingerprint density at radius 3 is 1.82 bits per heavy atom. The van der Waals surface area contributed by atoms with Gasteiger partial charge in [-0.15, -0.1) is 0 Å². The molecule has 1 heterocycles. The first kappa shape index (κ1) is 22.1. The van der Waals surface area contributed by atoms with Crippen molar-refractivity contribution in [2.24, 2.45) is 0 Å². The summed E-state index contributed by atoms with van der Waals surface area (Å²) < 4.78 is 6.17. The molecule has 0 aliphatic carbocycles. The summed E-state index contributed by atoms with van der Waals surface area (Å²) in [5.74, 6) is 0.883. The monoisotopic (exact) mass is 487 g/mol. The number of benzene rings is 6. The van der Waals surface area contributed by atoms with Gasteiger partial charge >= 0.3 is 0 Å². The molecular formula is C36H25NO. The van der Waals surface area contributed by atoms with Crippen molar-refractivity contribution in [3.8, 4) is 22.5 Å². The van der Waals surface area contributed by atoms with Gasteiger partial charge in [0.25, 0.3) is 0 Å². The van der Waals surface area contributed by atoms with Gasteiger partial charge in [-0.1, -0.05) is 103 Å². The number of rotatable bonds is 5. The Bertz CT molecular complexity index is 1800. The molecule has 0 saturated heterocycles. The average Bonchev–Trinajstić information content (AvgIpc) is 3.43. The van der Waals surface area contributed by atoms with E-state index >= 15 is 0 Å². The van der Waals surface area contributed by atoms with E-state index in [0.717, 1.165) is 44.9 Å². The van der Waals surface area contributed by atoms with Crippen molar-refractivity contribution in [1.29, 1.82) is 0 Å². The van der Waals surface area contributed by atoms with Crippen molar-refractivity contribution < 1.29 is 4.42 Å². The lowest BCUT2D eigenvalue weighted by molar-refractivity contribution is 0.631. The summed E-state index contributed by atoms with van der Waals surface area (Å²) in [5.41, 5.74) is 7.74. The Kier molecular flexibility index (Phi) is 5.49. The number of anilines is 3. The fourth-order valence-electron chi connectivity index (χ4n) is 5.28. The average molecular weight is 488 g/mol. The number of nitrogens with zero attached hydrogens (tertiary/aromatic N) is 1. The number of furan rings is 1. The SMILES string of the molecule is c1ccc(N(c2ccccc2)c2ccc(-c3cccc(-c4cc5ccccc5o4)c3)c3ccccc23)cc1. The highest BCUT2D eigenvalue weighted by Gasteiger charge is 2.17. The zero-order chi connectivity index (χ0) is 25.3. The van der Waals surface area contributed by atoms with Gasteiger partial charge in [0.15, 0.2) is 0 Å². The summed E-state index contributed by atoms with van der Waals surface area (Å²) in [7, 11) is 0. The van der Waals surface area contributed by atoms with Crippen LogP contribution < -0.4 is 4.90 Å². The molecule has 0 aliphatic rings. The molecule has 2 heteroatoms. The fraction of sp³-hybridized carbons (Fsp3) is 0.